The third kappa shape index (κ3) is 2.50. The van der Waals surface area contributed by atoms with Crippen molar-refractivity contribution in [3.8, 4) is 5.75 Å². The fourth-order valence-corrected chi connectivity index (χ4v) is 4.33. The van der Waals surface area contributed by atoms with Crippen molar-refractivity contribution in [3.05, 3.63) is 58.1 Å². The maximum absolute atomic E-state index is 10.9. The highest BCUT2D eigenvalue weighted by molar-refractivity contribution is 5.69. The van der Waals surface area contributed by atoms with Gasteiger partial charge in [-0.05, 0) is 60.4 Å². The van der Waals surface area contributed by atoms with Gasteiger partial charge in [-0.3, -0.25) is 0 Å². The zero-order valence-electron chi connectivity index (χ0n) is 13.9. The fourth-order valence-electron chi connectivity index (χ4n) is 4.33. The Labute approximate surface area is 138 Å². The van der Waals surface area contributed by atoms with E-state index in [1.165, 1.54) is 34.4 Å². The molecule has 0 aliphatic carbocycles. The molecule has 0 fully saturated rings. The van der Waals surface area contributed by atoms with Crippen LogP contribution in [-0.2, 0) is 25.7 Å². The zero-order chi connectivity index (χ0) is 15.8. The fraction of sp³-hybridized carbons (Fsp3) is 0.429. The molecule has 2 nitrogen and oxygen atoms in total. The highest BCUT2D eigenvalue weighted by atomic mass is 16.3. The van der Waals surface area contributed by atoms with Crippen LogP contribution in [0.15, 0.2) is 30.3 Å². The Hall–Kier alpha value is -1.96. The minimum atomic E-state index is 0.557. The molecule has 2 heteroatoms. The van der Waals surface area contributed by atoms with Gasteiger partial charge in [-0.1, -0.05) is 31.2 Å². The summed E-state index contributed by atoms with van der Waals surface area (Å²) in [4.78, 5) is 2.49. The van der Waals surface area contributed by atoms with Crippen molar-refractivity contribution in [1.82, 2.24) is 0 Å². The van der Waals surface area contributed by atoms with Crippen LogP contribution in [0.1, 0.15) is 47.6 Å². The summed E-state index contributed by atoms with van der Waals surface area (Å²) in [6.07, 6.45) is 6.46. The maximum atomic E-state index is 10.9. The van der Waals surface area contributed by atoms with E-state index in [4.69, 9.17) is 0 Å². The molecule has 0 spiro atoms. The van der Waals surface area contributed by atoms with Gasteiger partial charge in [0.05, 0.1) is 0 Å². The van der Waals surface area contributed by atoms with Crippen molar-refractivity contribution in [2.75, 3.05) is 18.0 Å². The Morgan fingerprint density at radius 2 is 1.74 bits per heavy atom. The number of hydrogen-bond donors (Lipinski definition) is 1. The molecule has 2 heterocycles. The van der Waals surface area contributed by atoms with Gasteiger partial charge in [0.25, 0.3) is 0 Å². The molecule has 120 valence electrons. The van der Waals surface area contributed by atoms with E-state index in [1.54, 1.807) is 0 Å². The smallest absolute Gasteiger partial charge is 0.124 e. The SMILES string of the molecule is CCc1ccccc1Cc1cc2c3c(c1O)CCCN3CCC2. The molecule has 1 N–H and O–H groups in total. The molecule has 0 atom stereocenters. The predicted octanol–water partition coefficient (Wildman–Crippen LogP) is 4.24. The van der Waals surface area contributed by atoms with Crippen LogP contribution < -0.4 is 4.90 Å². The minimum absolute atomic E-state index is 0.557. The van der Waals surface area contributed by atoms with Crippen molar-refractivity contribution in [2.24, 2.45) is 0 Å². The highest BCUT2D eigenvalue weighted by Crippen LogP contribution is 2.42. The van der Waals surface area contributed by atoms with E-state index in [-0.39, 0.29) is 0 Å². The normalized spacial score (nSPS) is 16.3. The van der Waals surface area contributed by atoms with E-state index in [0.717, 1.165) is 50.8 Å². The summed E-state index contributed by atoms with van der Waals surface area (Å²) in [5, 5.41) is 10.9. The number of aromatic hydroxyl groups is 1. The van der Waals surface area contributed by atoms with E-state index in [9.17, 15) is 5.11 Å². The number of anilines is 1. The number of phenols is 1. The van der Waals surface area contributed by atoms with Crippen molar-refractivity contribution in [2.45, 2.75) is 45.4 Å². The lowest BCUT2D eigenvalue weighted by Crippen LogP contribution is -2.34. The molecule has 0 radical (unpaired) electrons. The Balaban J connectivity index is 1.78. The van der Waals surface area contributed by atoms with E-state index in [2.05, 4.69) is 42.2 Å². The molecule has 2 aromatic carbocycles. The Morgan fingerprint density at radius 3 is 2.52 bits per heavy atom. The number of hydrogen-bond acceptors (Lipinski definition) is 2. The van der Waals surface area contributed by atoms with E-state index in [1.807, 2.05) is 0 Å². The van der Waals surface area contributed by atoms with Crippen molar-refractivity contribution in [3.63, 3.8) is 0 Å². The van der Waals surface area contributed by atoms with Gasteiger partial charge in [0, 0.05) is 30.8 Å². The average Bonchev–Trinajstić information content (AvgIpc) is 2.60. The minimum Gasteiger partial charge on any atom is -0.507 e. The van der Waals surface area contributed by atoms with Gasteiger partial charge < -0.3 is 10.0 Å². The zero-order valence-corrected chi connectivity index (χ0v) is 13.9. The molecule has 0 amide bonds. The van der Waals surface area contributed by atoms with Crippen LogP contribution in [0.3, 0.4) is 0 Å². The standard InChI is InChI=1S/C21H25NO/c1-2-15-7-3-4-8-16(15)13-18-14-17-9-5-11-22-12-6-10-19(20(17)22)21(18)23/h3-4,7-8,14,23H,2,5-6,9-13H2,1H3. The monoisotopic (exact) mass is 307 g/mol. The van der Waals surface area contributed by atoms with Gasteiger partial charge in [0.15, 0.2) is 0 Å². The first-order valence-electron chi connectivity index (χ1n) is 8.96. The lowest BCUT2D eigenvalue weighted by atomic mass is 9.87. The second-order valence-corrected chi connectivity index (χ2v) is 6.86. The van der Waals surface area contributed by atoms with Crippen LogP contribution in [0.5, 0.6) is 5.75 Å². The molecule has 2 aliphatic heterocycles. The average molecular weight is 307 g/mol. The summed E-state index contributed by atoms with van der Waals surface area (Å²) in [7, 11) is 0. The van der Waals surface area contributed by atoms with Crippen LogP contribution >= 0.6 is 0 Å². The Kier molecular flexibility index (Phi) is 3.76. The number of rotatable bonds is 3. The lowest BCUT2D eigenvalue weighted by molar-refractivity contribution is 0.456. The first kappa shape index (κ1) is 14.6. The summed E-state index contributed by atoms with van der Waals surface area (Å²) >= 11 is 0. The lowest BCUT2D eigenvalue weighted by Gasteiger charge is -2.37. The van der Waals surface area contributed by atoms with Gasteiger partial charge in [-0.25, -0.2) is 0 Å². The third-order valence-corrected chi connectivity index (χ3v) is 5.45. The van der Waals surface area contributed by atoms with Crippen LogP contribution in [0, 0.1) is 0 Å². The largest absolute Gasteiger partial charge is 0.507 e. The molecule has 4 rings (SSSR count). The summed E-state index contributed by atoms with van der Waals surface area (Å²) < 4.78 is 0. The Bertz CT molecular complexity index is 733. The molecule has 0 aromatic heterocycles. The summed E-state index contributed by atoms with van der Waals surface area (Å²) in [5.41, 5.74) is 7.86. The maximum Gasteiger partial charge on any atom is 0.124 e. The molecule has 23 heavy (non-hydrogen) atoms. The number of aryl methyl sites for hydroxylation is 2. The van der Waals surface area contributed by atoms with Crippen LogP contribution in [0.25, 0.3) is 0 Å². The molecule has 0 bridgehead atoms. The summed E-state index contributed by atoms with van der Waals surface area (Å²) in [6.45, 7) is 4.50. The molecule has 2 aromatic rings. The van der Waals surface area contributed by atoms with Crippen LogP contribution in [-0.4, -0.2) is 18.2 Å². The molecular weight excluding hydrogens is 282 g/mol. The van der Waals surface area contributed by atoms with E-state index < -0.39 is 0 Å². The second-order valence-electron chi connectivity index (χ2n) is 6.86. The van der Waals surface area contributed by atoms with Gasteiger partial charge in [0.1, 0.15) is 5.75 Å². The van der Waals surface area contributed by atoms with Crippen LogP contribution in [0.2, 0.25) is 0 Å². The predicted molar refractivity (Wildman–Crippen MR) is 95.6 cm³/mol. The van der Waals surface area contributed by atoms with E-state index >= 15 is 0 Å². The Morgan fingerprint density at radius 1 is 1.00 bits per heavy atom. The number of phenolic OH excluding ortho intramolecular Hbond substituents is 1. The van der Waals surface area contributed by atoms with Crippen molar-refractivity contribution < 1.29 is 5.11 Å². The first-order chi connectivity index (χ1) is 11.3. The van der Waals surface area contributed by atoms with Gasteiger partial charge in [-0.15, -0.1) is 0 Å². The van der Waals surface area contributed by atoms with Gasteiger partial charge >= 0.3 is 0 Å². The van der Waals surface area contributed by atoms with Gasteiger partial charge in [-0.2, -0.15) is 0 Å². The summed E-state index contributed by atoms with van der Waals surface area (Å²) in [6, 6.07) is 10.9. The topological polar surface area (TPSA) is 23.5 Å². The molecule has 0 saturated carbocycles. The summed E-state index contributed by atoms with van der Waals surface area (Å²) in [5.74, 6) is 0.557. The van der Waals surface area contributed by atoms with Crippen molar-refractivity contribution in [1.29, 1.82) is 0 Å². The number of benzene rings is 2. The quantitative estimate of drug-likeness (QED) is 0.916. The molecular formula is C21H25NO. The molecule has 2 aliphatic rings. The van der Waals surface area contributed by atoms with E-state index in [0.29, 0.717) is 5.75 Å². The van der Waals surface area contributed by atoms with Crippen molar-refractivity contribution >= 4 is 5.69 Å². The second kappa shape index (κ2) is 5.92. The highest BCUT2D eigenvalue weighted by Gasteiger charge is 2.27. The molecule has 0 unspecified atom stereocenters. The molecule has 0 saturated heterocycles. The third-order valence-electron chi connectivity index (χ3n) is 5.45. The first-order valence-corrected chi connectivity index (χ1v) is 8.96. The van der Waals surface area contributed by atoms with Crippen LogP contribution in [0.4, 0.5) is 5.69 Å². The van der Waals surface area contributed by atoms with Gasteiger partial charge in [0.2, 0.25) is 0 Å². The number of nitrogens with zero attached hydrogens (tertiary/aromatic N) is 1.